The average Bonchev–Trinajstić information content (AvgIpc) is 2.72. The maximum absolute atomic E-state index is 6.06. The van der Waals surface area contributed by atoms with Gasteiger partial charge < -0.3 is 10.1 Å². The smallest absolute Gasteiger partial charge is 0.120 e. The Kier molecular flexibility index (Phi) is 7.79. The highest BCUT2D eigenvalue weighted by Gasteiger charge is 2.05. The van der Waals surface area contributed by atoms with Gasteiger partial charge >= 0.3 is 0 Å². The fourth-order valence-electron chi connectivity index (χ4n) is 2.96. The van der Waals surface area contributed by atoms with E-state index in [1.165, 1.54) is 11.1 Å². The summed E-state index contributed by atoms with van der Waals surface area (Å²) in [7, 11) is 0. The topological polar surface area (TPSA) is 21.3 Å². The molecule has 0 unspecified atom stereocenters. The van der Waals surface area contributed by atoms with E-state index in [0.29, 0.717) is 22.7 Å². The average molecular weight is 414 g/mol. The van der Waals surface area contributed by atoms with Crippen molar-refractivity contribution in [1.29, 1.82) is 0 Å². The molecule has 4 heteroatoms. The standard InChI is InChI=1S/C24H25Cl2NO/c1-18(10-11-19-6-3-2-4-7-19)27-16-20-8-5-9-22(14-20)28-17-21-12-13-23(25)24(26)15-21/h2-9,12-15,18,27H,10-11,16-17H2,1H3/t18-/m1/s1. The van der Waals surface area contributed by atoms with E-state index in [1.54, 1.807) is 6.07 Å². The van der Waals surface area contributed by atoms with E-state index in [1.807, 2.05) is 24.3 Å². The second-order valence-electron chi connectivity index (χ2n) is 6.99. The Bertz CT molecular complexity index is 883. The zero-order valence-electron chi connectivity index (χ0n) is 16.0. The lowest BCUT2D eigenvalue weighted by atomic mass is 10.1. The highest BCUT2D eigenvalue weighted by molar-refractivity contribution is 6.42. The molecule has 0 fully saturated rings. The predicted molar refractivity (Wildman–Crippen MR) is 118 cm³/mol. The first-order valence-electron chi connectivity index (χ1n) is 9.53. The second-order valence-corrected chi connectivity index (χ2v) is 7.81. The minimum Gasteiger partial charge on any atom is -0.489 e. The first-order valence-corrected chi connectivity index (χ1v) is 10.3. The van der Waals surface area contributed by atoms with Crippen molar-refractivity contribution in [3.63, 3.8) is 0 Å². The molecule has 3 rings (SSSR count). The van der Waals surface area contributed by atoms with Crippen LogP contribution in [-0.4, -0.2) is 6.04 Å². The molecule has 0 heterocycles. The summed E-state index contributed by atoms with van der Waals surface area (Å²) in [5, 5.41) is 4.70. The summed E-state index contributed by atoms with van der Waals surface area (Å²) in [5.74, 6) is 0.849. The van der Waals surface area contributed by atoms with Gasteiger partial charge in [-0.1, -0.05) is 71.7 Å². The van der Waals surface area contributed by atoms with Crippen molar-refractivity contribution in [1.82, 2.24) is 5.32 Å². The number of hydrogen-bond donors (Lipinski definition) is 1. The molecule has 0 saturated heterocycles. The molecular weight excluding hydrogens is 389 g/mol. The highest BCUT2D eigenvalue weighted by Crippen LogP contribution is 2.23. The summed E-state index contributed by atoms with van der Waals surface area (Å²) in [6.07, 6.45) is 2.19. The molecule has 28 heavy (non-hydrogen) atoms. The Labute approximate surface area is 177 Å². The van der Waals surface area contributed by atoms with Crippen LogP contribution in [0.4, 0.5) is 0 Å². The molecule has 0 spiro atoms. The first kappa shape index (κ1) is 20.7. The van der Waals surface area contributed by atoms with Crippen LogP contribution in [0.25, 0.3) is 0 Å². The SMILES string of the molecule is C[C@H](CCc1ccccc1)NCc1cccc(OCc2ccc(Cl)c(Cl)c2)c1. The van der Waals surface area contributed by atoms with Crippen LogP contribution in [0.15, 0.2) is 72.8 Å². The minimum absolute atomic E-state index is 0.445. The fourth-order valence-corrected chi connectivity index (χ4v) is 3.28. The van der Waals surface area contributed by atoms with Gasteiger partial charge in [-0.05, 0) is 60.7 Å². The van der Waals surface area contributed by atoms with Crippen LogP contribution >= 0.6 is 23.2 Å². The van der Waals surface area contributed by atoms with Crippen LogP contribution < -0.4 is 10.1 Å². The molecule has 0 amide bonds. The number of aryl methyl sites for hydroxylation is 1. The van der Waals surface area contributed by atoms with Crippen LogP contribution in [0.1, 0.15) is 30.0 Å². The highest BCUT2D eigenvalue weighted by atomic mass is 35.5. The third kappa shape index (κ3) is 6.56. The first-order chi connectivity index (χ1) is 13.6. The molecular formula is C24H25Cl2NO. The van der Waals surface area contributed by atoms with E-state index in [-0.39, 0.29) is 0 Å². The van der Waals surface area contributed by atoms with E-state index >= 15 is 0 Å². The Balaban J connectivity index is 1.46. The molecule has 0 aromatic heterocycles. The summed E-state index contributed by atoms with van der Waals surface area (Å²) in [4.78, 5) is 0. The zero-order valence-corrected chi connectivity index (χ0v) is 17.5. The summed E-state index contributed by atoms with van der Waals surface area (Å²) in [6, 6.07) is 24.8. The summed E-state index contributed by atoms with van der Waals surface area (Å²) < 4.78 is 5.91. The lowest BCUT2D eigenvalue weighted by Crippen LogP contribution is -2.25. The molecule has 0 saturated carbocycles. The molecule has 3 aromatic rings. The maximum atomic E-state index is 6.06. The molecule has 1 atom stereocenters. The normalized spacial score (nSPS) is 12.0. The van der Waals surface area contributed by atoms with Gasteiger partial charge in [0.2, 0.25) is 0 Å². The molecule has 0 aliphatic rings. The van der Waals surface area contributed by atoms with Crippen molar-refractivity contribution in [2.24, 2.45) is 0 Å². The Morgan fingerprint density at radius 3 is 2.39 bits per heavy atom. The summed E-state index contributed by atoms with van der Waals surface area (Å²) in [6.45, 7) is 3.51. The van der Waals surface area contributed by atoms with Crippen molar-refractivity contribution in [2.75, 3.05) is 0 Å². The molecule has 0 radical (unpaired) electrons. The van der Waals surface area contributed by atoms with Gasteiger partial charge in [0.1, 0.15) is 12.4 Å². The fraction of sp³-hybridized carbons (Fsp3) is 0.250. The molecule has 2 nitrogen and oxygen atoms in total. The second kappa shape index (κ2) is 10.5. The quantitative estimate of drug-likeness (QED) is 0.422. The van der Waals surface area contributed by atoms with Gasteiger partial charge in [0.15, 0.2) is 0 Å². The van der Waals surface area contributed by atoms with E-state index in [2.05, 4.69) is 54.7 Å². The van der Waals surface area contributed by atoms with E-state index in [4.69, 9.17) is 27.9 Å². The van der Waals surface area contributed by atoms with Crippen molar-refractivity contribution < 1.29 is 4.74 Å². The minimum atomic E-state index is 0.445. The third-order valence-corrected chi connectivity index (χ3v) is 5.39. The van der Waals surface area contributed by atoms with Gasteiger partial charge in [-0.25, -0.2) is 0 Å². The van der Waals surface area contributed by atoms with Gasteiger partial charge in [-0.3, -0.25) is 0 Å². The van der Waals surface area contributed by atoms with Gasteiger partial charge in [0.25, 0.3) is 0 Å². The lowest BCUT2D eigenvalue weighted by molar-refractivity contribution is 0.306. The number of benzene rings is 3. The maximum Gasteiger partial charge on any atom is 0.120 e. The van der Waals surface area contributed by atoms with Crippen molar-refractivity contribution >= 4 is 23.2 Å². The van der Waals surface area contributed by atoms with Crippen LogP contribution in [0, 0.1) is 0 Å². The molecule has 0 bridgehead atoms. The van der Waals surface area contributed by atoms with Crippen molar-refractivity contribution in [3.05, 3.63) is 99.5 Å². The molecule has 0 aliphatic carbocycles. The summed E-state index contributed by atoms with van der Waals surface area (Å²) >= 11 is 12.0. The van der Waals surface area contributed by atoms with Crippen LogP contribution in [0.3, 0.4) is 0 Å². The third-order valence-electron chi connectivity index (χ3n) is 4.65. The Hall–Kier alpha value is -2.00. The van der Waals surface area contributed by atoms with Gasteiger partial charge in [0.05, 0.1) is 10.0 Å². The predicted octanol–water partition coefficient (Wildman–Crippen LogP) is 6.68. The number of nitrogens with one attached hydrogen (secondary N) is 1. The van der Waals surface area contributed by atoms with E-state index in [9.17, 15) is 0 Å². The summed E-state index contributed by atoms with van der Waals surface area (Å²) in [5.41, 5.74) is 3.58. The molecule has 1 N–H and O–H groups in total. The van der Waals surface area contributed by atoms with Gasteiger partial charge in [-0.15, -0.1) is 0 Å². The van der Waals surface area contributed by atoms with Crippen LogP contribution in [0.5, 0.6) is 5.75 Å². The lowest BCUT2D eigenvalue weighted by Gasteiger charge is -2.14. The van der Waals surface area contributed by atoms with Crippen LogP contribution in [-0.2, 0) is 19.6 Å². The Morgan fingerprint density at radius 2 is 1.61 bits per heavy atom. The van der Waals surface area contributed by atoms with Gasteiger partial charge in [-0.2, -0.15) is 0 Å². The van der Waals surface area contributed by atoms with Crippen molar-refractivity contribution in [2.45, 2.75) is 39.0 Å². The van der Waals surface area contributed by atoms with E-state index in [0.717, 1.165) is 30.7 Å². The molecule has 3 aromatic carbocycles. The van der Waals surface area contributed by atoms with E-state index < -0.39 is 0 Å². The number of rotatable bonds is 9. The monoisotopic (exact) mass is 413 g/mol. The zero-order chi connectivity index (χ0) is 19.8. The number of halogens is 2. The molecule has 146 valence electrons. The Morgan fingerprint density at radius 1 is 0.821 bits per heavy atom. The van der Waals surface area contributed by atoms with Crippen molar-refractivity contribution in [3.8, 4) is 5.75 Å². The van der Waals surface area contributed by atoms with Crippen LogP contribution in [0.2, 0.25) is 10.0 Å². The van der Waals surface area contributed by atoms with Gasteiger partial charge in [0, 0.05) is 12.6 Å². The number of hydrogen-bond acceptors (Lipinski definition) is 2. The largest absolute Gasteiger partial charge is 0.489 e. The molecule has 0 aliphatic heterocycles. The number of ether oxygens (including phenoxy) is 1.